The van der Waals surface area contributed by atoms with E-state index < -0.39 is 0 Å². The van der Waals surface area contributed by atoms with Crippen LogP contribution in [-0.2, 0) is 4.79 Å². The molecule has 0 unspecified atom stereocenters. The molecule has 6 heteroatoms. The van der Waals surface area contributed by atoms with Gasteiger partial charge in [-0.15, -0.1) is 0 Å². The van der Waals surface area contributed by atoms with Crippen LogP contribution in [-0.4, -0.2) is 79.1 Å². The van der Waals surface area contributed by atoms with Crippen LogP contribution in [0.2, 0.25) is 0 Å². The molecule has 0 radical (unpaired) electrons. The number of amides is 1. The number of piperazine rings is 1. The Balaban J connectivity index is 1.29. The number of nitrogens with zero attached hydrogens (tertiary/aromatic N) is 3. The molecule has 1 amide bonds. The molecule has 0 spiro atoms. The van der Waals surface area contributed by atoms with Gasteiger partial charge in [0.25, 0.3) is 0 Å². The van der Waals surface area contributed by atoms with E-state index >= 15 is 0 Å². The second-order valence-electron chi connectivity index (χ2n) is 7.71. The molecule has 1 atom stereocenters. The molecule has 2 saturated heterocycles. The van der Waals surface area contributed by atoms with Crippen LogP contribution in [0.5, 0.6) is 5.75 Å². The smallest absolute Gasteiger partial charge is 0.236 e. The summed E-state index contributed by atoms with van der Waals surface area (Å²) in [6.07, 6.45) is 4.47. The maximum absolute atomic E-state index is 12.9. The molecule has 1 aromatic carbocycles. The Kier molecular flexibility index (Phi) is 7.47. The van der Waals surface area contributed by atoms with E-state index in [1.807, 2.05) is 0 Å². The van der Waals surface area contributed by atoms with Crippen LogP contribution in [0.4, 0.5) is 4.39 Å². The topological polar surface area (TPSA) is 36.0 Å². The van der Waals surface area contributed by atoms with Gasteiger partial charge >= 0.3 is 0 Å². The largest absolute Gasteiger partial charge is 0.494 e. The summed E-state index contributed by atoms with van der Waals surface area (Å²) in [4.78, 5) is 19.3. The normalized spacial score (nSPS) is 22.0. The van der Waals surface area contributed by atoms with Gasteiger partial charge in [-0.05, 0) is 56.9 Å². The number of piperidine rings is 1. The molecule has 0 saturated carbocycles. The summed E-state index contributed by atoms with van der Waals surface area (Å²) in [5, 5.41) is 0. The molecule has 27 heavy (non-hydrogen) atoms. The predicted molar refractivity (Wildman–Crippen MR) is 104 cm³/mol. The van der Waals surface area contributed by atoms with Gasteiger partial charge in [0.1, 0.15) is 11.6 Å². The molecule has 2 aliphatic heterocycles. The highest BCUT2D eigenvalue weighted by Crippen LogP contribution is 2.17. The Morgan fingerprint density at radius 1 is 1.07 bits per heavy atom. The fourth-order valence-corrected chi connectivity index (χ4v) is 3.93. The van der Waals surface area contributed by atoms with E-state index in [0.717, 1.165) is 58.5 Å². The molecule has 0 bridgehead atoms. The van der Waals surface area contributed by atoms with Gasteiger partial charge in [-0.3, -0.25) is 9.69 Å². The van der Waals surface area contributed by atoms with Crippen LogP contribution in [0.3, 0.4) is 0 Å². The molecule has 5 nitrogen and oxygen atoms in total. The molecule has 2 fully saturated rings. The van der Waals surface area contributed by atoms with E-state index in [0.29, 0.717) is 30.9 Å². The standard InChI is InChI=1S/C21H32FN3O2/c1-18-5-2-3-11-25(18)21(26)17-24-14-12-23(13-15-24)10-4-16-27-20-8-6-19(22)7-9-20/h6-9,18H,2-5,10-17H2,1H3/t18-/m1/s1. The van der Waals surface area contributed by atoms with Crippen molar-refractivity contribution in [1.82, 2.24) is 14.7 Å². The highest BCUT2D eigenvalue weighted by molar-refractivity contribution is 5.78. The first-order chi connectivity index (χ1) is 13.1. The van der Waals surface area contributed by atoms with E-state index in [-0.39, 0.29) is 5.82 Å². The number of hydrogen-bond acceptors (Lipinski definition) is 4. The van der Waals surface area contributed by atoms with Crippen molar-refractivity contribution in [3.8, 4) is 5.75 Å². The zero-order chi connectivity index (χ0) is 19.1. The SMILES string of the molecule is C[C@@H]1CCCCN1C(=O)CN1CCN(CCCOc2ccc(F)cc2)CC1. The van der Waals surface area contributed by atoms with E-state index in [4.69, 9.17) is 4.74 Å². The van der Waals surface area contributed by atoms with Crippen LogP contribution in [0.15, 0.2) is 24.3 Å². The van der Waals surface area contributed by atoms with Gasteiger partial charge < -0.3 is 14.5 Å². The lowest BCUT2D eigenvalue weighted by Crippen LogP contribution is -2.52. The van der Waals surface area contributed by atoms with Gasteiger partial charge in [-0.25, -0.2) is 4.39 Å². The number of likely N-dealkylation sites (tertiary alicyclic amines) is 1. The average molecular weight is 378 g/mol. The third-order valence-corrected chi connectivity index (χ3v) is 5.65. The summed E-state index contributed by atoms with van der Waals surface area (Å²) in [5.74, 6) is 0.767. The number of rotatable bonds is 7. The molecule has 2 heterocycles. The van der Waals surface area contributed by atoms with Gasteiger partial charge in [0.15, 0.2) is 0 Å². The maximum atomic E-state index is 12.9. The van der Waals surface area contributed by atoms with E-state index in [9.17, 15) is 9.18 Å². The van der Waals surface area contributed by atoms with Crippen LogP contribution in [0.25, 0.3) is 0 Å². The summed E-state index contributed by atoms with van der Waals surface area (Å²) in [7, 11) is 0. The molecular formula is C21H32FN3O2. The number of benzene rings is 1. The van der Waals surface area contributed by atoms with Crippen LogP contribution >= 0.6 is 0 Å². The number of ether oxygens (including phenoxy) is 1. The van der Waals surface area contributed by atoms with Crippen molar-refractivity contribution in [2.75, 3.05) is 52.4 Å². The summed E-state index contributed by atoms with van der Waals surface area (Å²) >= 11 is 0. The van der Waals surface area contributed by atoms with Crippen LogP contribution in [0, 0.1) is 5.82 Å². The minimum absolute atomic E-state index is 0.242. The van der Waals surface area contributed by atoms with Crippen molar-refractivity contribution >= 4 is 5.91 Å². The Hall–Kier alpha value is -1.66. The van der Waals surface area contributed by atoms with E-state index in [2.05, 4.69) is 21.6 Å². The van der Waals surface area contributed by atoms with Crippen LogP contribution < -0.4 is 4.74 Å². The summed E-state index contributed by atoms with van der Waals surface area (Å²) in [6.45, 7) is 9.19. The Labute approximate surface area is 162 Å². The highest BCUT2D eigenvalue weighted by Gasteiger charge is 2.26. The lowest BCUT2D eigenvalue weighted by atomic mass is 10.0. The fourth-order valence-electron chi connectivity index (χ4n) is 3.93. The zero-order valence-corrected chi connectivity index (χ0v) is 16.4. The average Bonchev–Trinajstić information content (AvgIpc) is 2.68. The van der Waals surface area contributed by atoms with Gasteiger partial charge in [0, 0.05) is 45.3 Å². The van der Waals surface area contributed by atoms with Gasteiger partial charge in [0.05, 0.1) is 13.2 Å². The molecular weight excluding hydrogens is 345 g/mol. The number of carbonyl (C=O) groups is 1. The zero-order valence-electron chi connectivity index (χ0n) is 16.4. The Bertz CT molecular complexity index is 588. The lowest BCUT2D eigenvalue weighted by molar-refractivity contribution is -0.136. The predicted octanol–water partition coefficient (Wildman–Crippen LogP) is 2.61. The minimum atomic E-state index is -0.242. The number of halogens is 1. The highest BCUT2D eigenvalue weighted by atomic mass is 19.1. The molecule has 2 aliphatic rings. The van der Waals surface area contributed by atoms with E-state index in [1.165, 1.54) is 18.6 Å². The summed E-state index contributed by atoms with van der Waals surface area (Å²) in [5.41, 5.74) is 0. The molecule has 0 aliphatic carbocycles. The van der Waals surface area contributed by atoms with Crippen molar-refractivity contribution in [2.45, 2.75) is 38.6 Å². The molecule has 150 valence electrons. The van der Waals surface area contributed by atoms with Gasteiger partial charge in [-0.1, -0.05) is 0 Å². The van der Waals surface area contributed by atoms with E-state index in [1.54, 1.807) is 12.1 Å². The van der Waals surface area contributed by atoms with Gasteiger partial charge in [-0.2, -0.15) is 0 Å². The minimum Gasteiger partial charge on any atom is -0.494 e. The Morgan fingerprint density at radius 3 is 2.48 bits per heavy atom. The van der Waals surface area contributed by atoms with Crippen molar-refractivity contribution in [3.05, 3.63) is 30.1 Å². The van der Waals surface area contributed by atoms with Crippen molar-refractivity contribution < 1.29 is 13.9 Å². The third-order valence-electron chi connectivity index (χ3n) is 5.65. The first-order valence-corrected chi connectivity index (χ1v) is 10.2. The van der Waals surface area contributed by atoms with Crippen molar-refractivity contribution in [2.24, 2.45) is 0 Å². The second kappa shape index (κ2) is 10.0. The van der Waals surface area contributed by atoms with Crippen molar-refractivity contribution in [1.29, 1.82) is 0 Å². The molecule has 0 N–H and O–H groups in total. The lowest BCUT2D eigenvalue weighted by Gasteiger charge is -2.38. The molecule has 0 aromatic heterocycles. The third kappa shape index (κ3) is 6.18. The second-order valence-corrected chi connectivity index (χ2v) is 7.71. The van der Waals surface area contributed by atoms with Crippen LogP contribution in [0.1, 0.15) is 32.6 Å². The van der Waals surface area contributed by atoms with Crippen molar-refractivity contribution in [3.63, 3.8) is 0 Å². The quantitative estimate of drug-likeness (QED) is 0.685. The first-order valence-electron chi connectivity index (χ1n) is 10.2. The number of carbonyl (C=O) groups excluding carboxylic acids is 1. The van der Waals surface area contributed by atoms with Gasteiger partial charge in [0.2, 0.25) is 5.91 Å². The Morgan fingerprint density at radius 2 is 1.78 bits per heavy atom. The summed E-state index contributed by atoms with van der Waals surface area (Å²) < 4.78 is 18.5. The summed E-state index contributed by atoms with van der Waals surface area (Å²) in [6, 6.07) is 6.55. The fraction of sp³-hybridized carbons (Fsp3) is 0.667. The first kappa shape index (κ1) is 20.1. The monoisotopic (exact) mass is 377 g/mol. The number of hydrogen-bond donors (Lipinski definition) is 0. The molecule has 1 aromatic rings. The maximum Gasteiger partial charge on any atom is 0.236 e. The molecule has 3 rings (SSSR count).